The Morgan fingerprint density at radius 3 is 2.58 bits per heavy atom. The van der Waals surface area contributed by atoms with E-state index in [2.05, 4.69) is 10.1 Å². The summed E-state index contributed by atoms with van der Waals surface area (Å²) in [6, 6.07) is 6.58. The summed E-state index contributed by atoms with van der Waals surface area (Å²) >= 11 is 0. The molecule has 24 heavy (non-hydrogen) atoms. The lowest BCUT2D eigenvalue weighted by molar-refractivity contribution is -0.127. The maximum Gasteiger partial charge on any atom is 0.332 e. The fourth-order valence-electron chi connectivity index (χ4n) is 2.73. The third-order valence-electron chi connectivity index (χ3n) is 4.04. The van der Waals surface area contributed by atoms with Gasteiger partial charge in [-0.1, -0.05) is 29.8 Å². The first-order valence-electron chi connectivity index (χ1n) is 8.04. The Morgan fingerprint density at radius 2 is 1.92 bits per heavy atom. The third-order valence-corrected chi connectivity index (χ3v) is 4.04. The molecule has 0 bridgehead atoms. The first-order chi connectivity index (χ1) is 11.5. The minimum atomic E-state index is -0.557. The van der Waals surface area contributed by atoms with E-state index in [4.69, 9.17) is 4.52 Å². The molecule has 1 aliphatic heterocycles. The summed E-state index contributed by atoms with van der Waals surface area (Å²) < 4.78 is 5.14. The van der Waals surface area contributed by atoms with Crippen molar-refractivity contribution in [2.75, 3.05) is 4.90 Å². The van der Waals surface area contributed by atoms with Gasteiger partial charge in [-0.3, -0.25) is 14.6 Å². The molecule has 0 radical (unpaired) electrons. The predicted octanol–water partition coefficient (Wildman–Crippen LogP) is 2.69. The summed E-state index contributed by atoms with van der Waals surface area (Å²) in [5, 5.41) is 3.85. The van der Waals surface area contributed by atoms with Crippen LogP contribution in [0.4, 0.5) is 10.5 Å². The monoisotopic (exact) mass is 328 g/mol. The molecule has 0 N–H and O–H groups in total. The van der Waals surface area contributed by atoms with Crippen LogP contribution in [0.1, 0.15) is 37.5 Å². The number of carbonyl (C=O) groups excluding carboxylic acids is 2. The number of nitrogens with zero attached hydrogens (tertiary/aromatic N) is 4. The van der Waals surface area contributed by atoms with E-state index in [9.17, 15) is 9.59 Å². The molecule has 3 rings (SSSR count). The molecule has 7 heteroatoms. The number of carbonyl (C=O) groups is 2. The average molecular weight is 328 g/mol. The highest BCUT2D eigenvalue weighted by Gasteiger charge is 2.43. The second-order valence-electron chi connectivity index (χ2n) is 5.94. The molecule has 1 atom stereocenters. The number of anilines is 1. The number of hydrogen-bond acceptors (Lipinski definition) is 5. The lowest BCUT2D eigenvalue weighted by atomic mass is 10.2. The maximum atomic E-state index is 12.7. The van der Waals surface area contributed by atoms with Crippen LogP contribution in [0.15, 0.2) is 28.8 Å². The van der Waals surface area contributed by atoms with Crippen LogP contribution in [-0.2, 0) is 17.8 Å². The van der Waals surface area contributed by atoms with Crippen LogP contribution in [-0.4, -0.2) is 33.0 Å². The number of imide groups is 1. The van der Waals surface area contributed by atoms with Crippen molar-refractivity contribution < 1.29 is 14.1 Å². The minimum absolute atomic E-state index is 0.00107. The highest BCUT2D eigenvalue weighted by atomic mass is 16.5. The Balaban J connectivity index is 1.80. The number of amides is 3. The van der Waals surface area contributed by atoms with Crippen LogP contribution in [0, 0.1) is 6.92 Å². The topological polar surface area (TPSA) is 79.5 Å². The van der Waals surface area contributed by atoms with Crippen LogP contribution in [0.2, 0.25) is 0 Å². The standard InChI is InChI=1S/C17H20N4O3/c1-4-5-14-18-15(24-19-14)10-20-16(22)12(3)21(17(20)23)13-8-6-11(2)7-9-13/h6-9,12H,4-5,10H2,1-3H3/t12-/m0/s1. The number of benzene rings is 1. The molecule has 3 amide bonds. The number of urea groups is 1. The summed E-state index contributed by atoms with van der Waals surface area (Å²) in [6.07, 6.45) is 1.61. The van der Waals surface area contributed by atoms with Crippen LogP contribution >= 0.6 is 0 Å². The molecule has 2 heterocycles. The third kappa shape index (κ3) is 2.89. The zero-order chi connectivity index (χ0) is 17.3. The summed E-state index contributed by atoms with van der Waals surface area (Å²) in [7, 11) is 0. The van der Waals surface area contributed by atoms with Crippen LogP contribution < -0.4 is 4.90 Å². The van der Waals surface area contributed by atoms with Crippen molar-refractivity contribution >= 4 is 17.6 Å². The second kappa shape index (κ2) is 6.43. The molecule has 1 aromatic carbocycles. The van der Waals surface area contributed by atoms with Crippen molar-refractivity contribution in [1.29, 1.82) is 0 Å². The van der Waals surface area contributed by atoms with Gasteiger partial charge in [-0.05, 0) is 32.4 Å². The van der Waals surface area contributed by atoms with E-state index in [0.717, 1.165) is 16.9 Å². The van der Waals surface area contributed by atoms with Gasteiger partial charge in [0.25, 0.3) is 5.91 Å². The van der Waals surface area contributed by atoms with Gasteiger partial charge in [0.1, 0.15) is 12.6 Å². The summed E-state index contributed by atoms with van der Waals surface area (Å²) in [4.78, 5) is 32.0. The molecule has 0 aliphatic carbocycles. The van der Waals surface area contributed by atoms with Gasteiger partial charge >= 0.3 is 6.03 Å². The van der Waals surface area contributed by atoms with E-state index >= 15 is 0 Å². The first kappa shape index (κ1) is 16.2. The van der Waals surface area contributed by atoms with Crippen LogP contribution in [0.25, 0.3) is 0 Å². The zero-order valence-corrected chi connectivity index (χ0v) is 14.0. The van der Waals surface area contributed by atoms with E-state index in [1.165, 1.54) is 4.90 Å². The van der Waals surface area contributed by atoms with Crippen LogP contribution in [0.3, 0.4) is 0 Å². The summed E-state index contributed by atoms with van der Waals surface area (Å²) in [5.41, 5.74) is 1.79. The highest BCUT2D eigenvalue weighted by Crippen LogP contribution is 2.27. The van der Waals surface area contributed by atoms with Crippen molar-refractivity contribution in [3.05, 3.63) is 41.5 Å². The average Bonchev–Trinajstić information content (AvgIpc) is 3.08. The van der Waals surface area contributed by atoms with Gasteiger partial charge in [-0.25, -0.2) is 4.79 Å². The van der Waals surface area contributed by atoms with E-state index in [-0.39, 0.29) is 24.4 Å². The zero-order valence-electron chi connectivity index (χ0n) is 14.0. The number of hydrogen-bond donors (Lipinski definition) is 0. The van der Waals surface area contributed by atoms with E-state index in [0.29, 0.717) is 17.9 Å². The summed E-state index contributed by atoms with van der Waals surface area (Å²) in [6.45, 7) is 5.71. The first-order valence-corrected chi connectivity index (χ1v) is 8.04. The Morgan fingerprint density at radius 1 is 1.21 bits per heavy atom. The Hall–Kier alpha value is -2.70. The quantitative estimate of drug-likeness (QED) is 0.788. The largest absolute Gasteiger partial charge is 0.337 e. The van der Waals surface area contributed by atoms with Crippen molar-refractivity contribution in [3.63, 3.8) is 0 Å². The van der Waals surface area contributed by atoms with E-state index in [1.807, 2.05) is 38.1 Å². The lowest BCUT2D eigenvalue weighted by Crippen LogP contribution is -2.33. The van der Waals surface area contributed by atoms with Gasteiger partial charge < -0.3 is 4.52 Å². The number of aromatic nitrogens is 2. The number of rotatable bonds is 5. The number of aryl methyl sites for hydroxylation is 2. The molecule has 7 nitrogen and oxygen atoms in total. The predicted molar refractivity (Wildman–Crippen MR) is 87.4 cm³/mol. The molecule has 1 saturated heterocycles. The maximum absolute atomic E-state index is 12.7. The molecule has 0 spiro atoms. The molecule has 1 aromatic heterocycles. The molecule has 1 aliphatic rings. The lowest BCUT2D eigenvalue weighted by Gasteiger charge is -2.19. The van der Waals surface area contributed by atoms with Gasteiger partial charge in [0, 0.05) is 12.1 Å². The SMILES string of the molecule is CCCc1noc(CN2C(=O)[C@H](C)N(c3ccc(C)cc3)C2=O)n1. The second-order valence-corrected chi connectivity index (χ2v) is 5.94. The molecule has 0 saturated carbocycles. The minimum Gasteiger partial charge on any atom is -0.337 e. The Bertz CT molecular complexity index is 753. The Kier molecular flexibility index (Phi) is 4.33. The fraction of sp³-hybridized carbons (Fsp3) is 0.412. The van der Waals surface area contributed by atoms with E-state index in [1.54, 1.807) is 6.92 Å². The van der Waals surface area contributed by atoms with Crippen molar-refractivity contribution in [2.24, 2.45) is 0 Å². The Labute approximate surface area is 140 Å². The van der Waals surface area contributed by atoms with E-state index < -0.39 is 6.04 Å². The van der Waals surface area contributed by atoms with Gasteiger partial charge in [0.2, 0.25) is 5.89 Å². The van der Waals surface area contributed by atoms with Crippen molar-refractivity contribution in [3.8, 4) is 0 Å². The van der Waals surface area contributed by atoms with Crippen molar-refractivity contribution in [1.82, 2.24) is 15.0 Å². The van der Waals surface area contributed by atoms with Gasteiger partial charge in [0.15, 0.2) is 5.82 Å². The van der Waals surface area contributed by atoms with Gasteiger partial charge in [-0.2, -0.15) is 4.98 Å². The molecular formula is C17H20N4O3. The normalized spacial score (nSPS) is 17.9. The van der Waals surface area contributed by atoms with Gasteiger partial charge in [-0.15, -0.1) is 0 Å². The van der Waals surface area contributed by atoms with Crippen molar-refractivity contribution in [2.45, 2.75) is 46.2 Å². The van der Waals surface area contributed by atoms with Crippen LogP contribution in [0.5, 0.6) is 0 Å². The molecule has 126 valence electrons. The molecule has 0 unspecified atom stereocenters. The molecule has 1 fully saturated rings. The molecule has 2 aromatic rings. The smallest absolute Gasteiger partial charge is 0.332 e. The highest BCUT2D eigenvalue weighted by molar-refractivity contribution is 6.13. The molecular weight excluding hydrogens is 308 g/mol. The fourth-order valence-corrected chi connectivity index (χ4v) is 2.73. The van der Waals surface area contributed by atoms with Gasteiger partial charge in [0.05, 0.1) is 0 Å². The summed E-state index contributed by atoms with van der Waals surface area (Å²) in [5.74, 6) is 0.601.